The second kappa shape index (κ2) is 7.99. The number of ketones is 1. The fraction of sp³-hybridized carbons (Fsp3) is 0.727. The van der Waals surface area contributed by atoms with E-state index in [1.165, 1.54) is 12.5 Å². The molecular weight excluding hydrogens is 162 g/mol. The zero-order valence-corrected chi connectivity index (χ0v) is 8.59. The first kappa shape index (κ1) is 12.4. The molecule has 0 aromatic heterocycles. The first-order valence-electron chi connectivity index (χ1n) is 5.09. The van der Waals surface area contributed by atoms with Crippen molar-refractivity contribution in [2.45, 2.75) is 39.0 Å². The van der Waals surface area contributed by atoms with Gasteiger partial charge in [0.05, 0.1) is 0 Å². The van der Waals surface area contributed by atoms with E-state index >= 15 is 0 Å². The third-order valence-corrected chi connectivity index (χ3v) is 2.42. The van der Waals surface area contributed by atoms with Crippen molar-refractivity contribution in [1.29, 1.82) is 0 Å². The molecule has 76 valence electrons. The molecule has 0 amide bonds. The Morgan fingerprint density at radius 3 is 2.69 bits per heavy atom. The average molecular weight is 183 g/mol. The quantitative estimate of drug-likeness (QED) is 0.587. The van der Waals surface area contributed by atoms with Gasteiger partial charge in [0.15, 0.2) is 5.78 Å². The lowest BCUT2D eigenvalue weighted by molar-refractivity contribution is -0.114. The van der Waals surface area contributed by atoms with Gasteiger partial charge in [0, 0.05) is 6.42 Å². The van der Waals surface area contributed by atoms with Gasteiger partial charge in [-0.25, -0.2) is 0 Å². The predicted octanol–water partition coefficient (Wildman–Crippen LogP) is 2.29. The van der Waals surface area contributed by atoms with Gasteiger partial charge >= 0.3 is 0 Å². The van der Waals surface area contributed by atoms with Crippen molar-refractivity contribution in [3.63, 3.8) is 0 Å². The first-order valence-corrected chi connectivity index (χ1v) is 5.09. The maximum atomic E-state index is 10.9. The number of allylic oxidation sites excluding steroid dienone is 1. The van der Waals surface area contributed by atoms with Crippen LogP contribution in [0.4, 0.5) is 0 Å². The minimum Gasteiger partial charge on any atom is -0.330 e. The SMILES string of the molecule is C=CC(=O)CCCC(CC)CCN. The maximum Gasteiger partial charge on any atom is 0.155 e. The van der Waals surface area contributed by atoms with Crippen molar-refractivity contribution in [3.8, 4) is 0 Å². The van der Waals surface area contributed by atoms with Crippen molar-refractivity contribution in [2.75, 3.05) is 6.54 Å². The summed E-state index contributed by atoms with van der Waals surface area (Å²) in [6.45, 7) is 6.38. The zero-order valence-electron chi connectivity index (χ0n) is 8.59. The van der Waals surface area contributed by atoms with Crippen molar-refractivity contribution in [3.05, 3.63) is 12.7 Å². The average Bonchev–Trinajstić information content (AvgIpc) is 2.16. The fourth-order valence-corrected chi connectivity index (χ4v) is 1.46. The van der Waals surface area contributed by atoms with Gasteiger partial charge in [0.2, 0.25) is 0 Å². The highest BCUT2D eigenvalue weighted by atomic mass is 16.1. The van der Waals surface area contributed by atoms with Crippen LogP contribution in [-0.4, -0.2) is 12.3 Å². The van der Waals surface area contributed by atoms with Crippen LogP contribution in [0.3, 0.4) is 0 Å². The van der Waals surface area contributed by atoms with E-state index < -0.39 is 0 Å². The molecule has 0 spiro atoms. The Hall–Kier alpha value is -0.630. The summed E-state index contributed by atoms with van der Waals surface area (Å²) in [5, 5.41) is 0. The summed E-state index contributed by atoms with van der Waals surface area (Å²) < 4.78 is 0. The van der Waals surface area contributed by atoms with Crippen molar-refractivity contribution in [1.82, 2.24) is 0 Å². The van der Waals surface area contributed by atoms with E-state index in [2.05, 4.69) is 13.5 Å². The molecule has 0 aliphatic rings. The Morgan fingerprint density at radius 2 is 2.23 bits per heavy atom. The molecule has 0 saturated carbocycles. The molecule has 0 fully saturated rings. The maximum absolute atomic E-state index is 10.9. The van der Waals surface area contributed by atoms with Gasteiger partial charge in [-0.1, -0.05) is 19.9 Å². The van der Waals surface area contributed by atoms with Crippen LogP contribution in [-0.2, 0) is 4.79 Å². The molecule has 0 aliphatic carbocycles. The number of carbonyl (C=O) groups excluding carboxylic acids is 1. The molecule has 0 rings (SSSR count). The van der Waals surface area contributed by atoms with E-state index in [-0.39, 0.29) is 5.78 Å². The second-order valence-corrected chi connectivity index (χ2v) is 3.41. The summed E-state index contributed by atoms with van der Waals surface area (Å²) in [6, 6.07) is 0. The molecule has 0 radical (unpaired) electrons. The molecule has 0 aliphatic heterocycles. The first-order chi connectivity index (χ1) is 6.24. The molecular formula is C11H21NO. The van der Waals surface area contributed by atoms with E-state index in [1.54, 1.807) is 0 Å². The van der Waals surface area contributed by atoms with Crippen LogP contribution in [0.15, 0.2) is 12.7 Å². The Balaban J connectivity index is 3.48. The zero-order chi connectivity index (χ0) is 10.1. The monoisotopic (exact) mass is 183 g/mol. The summed E-state index contributed by atoms with van der Waals surface area (Å²) in [5.74, 6) is 0.852. The summed E-state index contributed by atoms with van der Waals surface area (Å²) >= 11 is 0. The highest BCUT2D eigenvalue weighted by molar-refractivity contribution is 5.88. The summed E-state index contributed by atoms with van der Waals surface area (Å²) in [5.41, 5.74) is 5.48. The fourth-order valence-electron chi connectivity index (χ4n) is 1.46. The molecule has 2 heteroatoms. The van der Waals surface area contributed by atoms with E-state index in [1.807, 2.05) is 0 Å². The molecule has 0 aromatic rings. The Kier molecular flexibility index (Phi) is 7.60. The molecule has 1 atom stereocenters. The largest absolute Gasteiger partial charge is 0.330 e. The smallest absolute Gasteiger partial charge is 0.155 e. The lowest BCUT2D eigenvalue weighted by Gasteiger charge is -2.12. The van der Waals surface area contributed by atoms with E-state index in [0.29, 0.717) is 12.3 Å². The second-order valence-electron chi connectivity index (χ2n) is 3.41. The number of carbonyl (C=O) groups is 1. The topological polar surface area (TPSA) is 43.1 Å². The van der Waals surface area contributed by atoms with Gasteiger partial charge in [-0.15, -0.1) is 0 Å². The van der Waals surface area contributed by atoms with Crippen LogP contribution < -0.4 is 5.73 Å². The molecule has 13 heavy (non-hydrogen) atoms. The van der Waals surface area contributed by atoms with Gasteiger partial charge in [-0.2, -0.15) is 0 Å². The standard InChI is InChI=1S/C11H21NO/c1-3-10(8-9-12)6-5-7-11(13)4-2/h4,10H,2-3,5-9,12H2,1H3. The molecule has 0 heterocycles. The Bertz CT molecular complexity index is 154. The van der Waals surface area contributed by atoms with Crippen LogP contribution in [0.1, 0.15) is 39.0 Å². The van der Waals surface area contributed by atoms with Gasteiger partial charge in [-0.3, -0.25) is 4.79 Å². The van der Waals surface area contributed by atoms with Crippen molar-refractivity contribution >= 4 is 5.78 Å². The highest BCUT2D eigenvalue weighted by Gasteiger charge is 2.05. The van der Waals surface area contributed by atoms with Crippen molar-refractivity contribution in [2.24, 2.45) is 11.7 Å². The molecule has 2 N–H and O–H groups in total. The number of hydrogen-bond donors (Lipinski definition) is 1. The number of rotatable bonds is 8. The van der Waals surface area contributed by atoms with Crippen LogP contribution in [0.25, 0.3) is 0 Å². The van der Waals surface area contributed by atoms with E-state index in [9.17, 15) is 4.79 Å². The summed E-state index contributed by atoms with van der Waals surface area (Å²) in [7, 11) is 0. The highest BCUT2D eigenvalue weighted by Crippen LogP contribution is 2.15. The minimum atomic E-state index is 0.155. The molecule has 2 nitrogen and oxygen atoms in total. The third-order valence-electron chi connectivity index (χ3n) is 2.42. The van der Waals surface area contributed by atoms with Crippen LogP contribution in [0, 0.1) is 5.92 Å². The molecule has 1 unspecified atom stereocenters. The molecule has 0 aromatic carbocycles. The van der Waals surface area contributed by atoms with Crippen LogP contribution in [0.5, 0.6) is 0 Å². The van der Waals surface area contributed by atoms with Gasteiger partial charge in [0.25, 0.3) is 0 Å². The van der Waals surface area contributed by atoms with Gasteiger partial charge in [0.1, 0.15) is 0 Å². The molecule has 0 saturated heterocycles. The van der Waals surface area contributed by atoms with E-state index in [4.69, 9.17) is 5.73 Å². The Morgan fingerprint density at radius 1 is 1.54 bits per heavy atom. The number of hydrogen-bond acceptors (Lipinski definition) is 2. The predicted molar refractivity (Wildman–Crippen MR) is 56.5 cm³/mol. The lowest BCUT2D eigenvalue weighted by Crippen LogP contribution is -2.08. The van der Waals surface area contributed by atoms with Crippen LogP contribution in [0.2, 0.25) is 0 Å². The third kappa shape index (κ3) is 6.52. The summed E-state index contributed by atoms with van der Waals surface area (Å²) in [4.78, 5) is 10.9. The van der Waals surface area contributed by atoms with Gasteiger partial charge in [-0.05, 0) is 37.8 Å². The lowest BCUT2D eigenvalue weighted by atomic mass is 9.95. The summed E-state index contributed by atoms with van der Waals surface area (Å²) in [6.07, 6.45) is 6.39. The van der Waals surface area contributed by atoms with E-state index in [0.717, 1.165) is 25.8 Å². The molecule has 0 bridgehead atoms. The van der Waals surface area contributed by atoms with Gasteiger partial charge < -0.3 is 5.73 Å². The number of nitrogens with two attached hydrogens (primary N) is 1. The minimum absolute atomic E-state index is 0.155. The van der Waals surface area contributed by atoms with Crippen LogP contribution >= 0.6 is 0 Å². The Labute approximate surface area is 81.2 Å². The van der Waals surface area contributed by atoms with Crippen molar-refractivity contribution < 1.29 is 4.79 Å². The normalized spacial score (nSPS) is 12.5.